The Morgan fingerprint density at radius 3 is 2.38 bits per heavy atom. The molecule has 6 heteroatoms. The maximum Gasteiger partial charge on any atom is 0.417 e. The van der Waals surface area contributed by atoms with E-state index >= 15 is 0 Å². The van der Waals surface area contributed by atoms with Crippen LogP contribution in [0.25, 0.3) is 6.08 Å². The summed E-state index contributed by atoms with van der Waals surface area (Å²) in [5, 5.41) is 8.68. The highest BCUT2D eigenvalue weighted by Gasteiger charge is 2.33. The first-order valence-electron chi connectivity index (χ1n) is 6.05. The molecule has 0 aliphatic heterocycles. The van der Waals surface area contributed by atoms with Crippen molar-refractivity contribution < 1.29 is 22.7 Å². The zero-order chi connectivity index (χ0) is 16.3. The lowest BCUT2D eigenvalue weighted by Gasteiger charge is -2.17. The van der Waals surface area contributed by atoms with Gasteiger partial charge in [-0.05, 0) is 44.5 Å². The molecule has 0 fully saturated rings. The SMILES string of the molecule is CC(C)(C)OC(=O)/C=C/c1ccc(C#N)c(C(F)(F)F)c1. The molecule has 3 nitrogen and oxygen atoms in total. The Balaban J connectivity index is 3.01. The van der Waals surface area contributed by atoms with Crippen LogP contribution in [-0.2, 0) is 15.7 Å². The Kier molecular flexibility index (Phi) is 4.79. The number of hydrogen-bond donors (Lipinski definition) is 0. The molecule has 0 spiro atoms. The minimum absolute atomic E-state index is 0.159. The lowest BCUT2D eigenvalue weighted by molar-refractivity contribution is -0.148. The van der Waals surface area contributed by atoms with E-state index in [2.05, 4.69) is 0 Å². The van der Waals surface area contributed by atoms with E-state index in [4.69, 9.17) is 10.00 Å². The number of ether oxygens (including phenoxy) is 1. The molecule has 0 radical (unpaired) electrons. The van der Waals surface area contributed by atoms with Crippen molar-refractivity contribution >= 4 is 12.0 Å². The first-order chi connectivity index (χ1) is 9.53. The van der Waals surface area contributed by atoms with Crippen molar-refractivity contribution in [3.05, 3.63) is 41.0 Å². The van der Waals surface area contributed by atoms with E-state index in [-0.39, 0.29) is 5.56 Å². The molecular formula is C15H14F3NO2. The fraction of sp³-hybridized carbons (Fsp3) is 0.333. The van der Waals surface area contributed by atoms with Gasteiger partial charge in [0.1, 0.15) is 5.60 Å². The third kappa shape index (κ3) is 5.30. The van der Waals surface area contributed by atoms with Crippen LogP contribution < -0.4 is 0 Å². The van der Waals surface area contributed by atoms with Crippen LogP contribution in [0.2, 0.25) is 0 Å². The molecule has 112 valence electrons. The first-order valence-corrected chi connectivity index (χ1v) is 6.05. The number of esters is 1. The average Bonchev–Trinajstić information content (AvgIpc) is 2.33. The Morgan fingerprint density at radius 2 is 1.90 bits per heavy atom. The van der Waals surface area contributed by atoms with Crippen LogP contribution in [0.15, 0.2) is 24.3 Å². The van der Waals surface area contributed by atoms with E-state index in [1.807, 2.05) is 0 Å². The molecule has 1 aromatic rings. The quantitative estimate of drug-likeness (QED) is 0.614. The summed E-state index contributed by atoms with van der Waals surface area (Å²) in [5.41, 5.74) is -2.01. The van der Waals surface area contributed by atoms with E-state index < -0.39 is 28.9 Å². The average molecular weight is 297 g/mol. The van der Waals surface area contributed by atoms with E-state index in [9.17, 15) is 18.0 Å². The number of hydrogen-bond acceptors (Lipinski definition) is 3. The topological polar surface area (TPSA) is 50.1 Å². The maximum absolute atomic E-state index is 12.8. The van der Waals surface area contributed by atoms with Crippen LogP contribution in [0.4, 0.5) is 13.2 Å². The molecule has 0 amide bonds. The number of benzene rings is 1. The molecule has 0 saturated carbocycles. The highest BCUT2D eigenvalue weighted by Crippen LogP contribution is 2.32. The lowest BCUT2D eigenvalue weighted by atomic mass is 10.0. The summed E-state index contributed by atoms with van der Waals surface area (Å²) >= 11 is 0. The van der Waals surface area contributed by atoms with E-state index in [1.54, 1.807) is 20.8 Å². The van der Waals surface area contributed by atoms with Gasteiger partial charge in [0.05, 0.1) is 17.2 Å². The summed E-state index contributed by atoms with van der Waals surface area (Å²) in [5.74, 6) is -0.652. The fourth-order valence-electron chi connectivity index (χ4n) is 1.50. The molecule has 0 bridgehead atoms. The standard InChI is InChI=1S/C15H14F3NO2/c1-14(2,3)21-13(20)7-5-10-4-6-11(9-19)12(8-10)15(16,17)18/h4-8H,1-3H3/b7-5+. The second kappa shape index (κ2) is 6.00. The fourth-order valence-corrected chi connectivity index (χ4v) is 1.50. The number of alkyl halides is 3. The molecular weight excluding hydrogens is 283 g/mol. The van der Waals surface area contributed by atoms with Crippen molar-refractivity contribution in [3.63, 3.8) is 0 Å². The third-order valence-corrected chi connectivity index (χ3v) is 2.29. The third-order valence-electron chi connectivity index (χ3n) is 2.29. The molecule has 0 aromatic heterocycles. The van der Waals surface area contributed by atoms with Gasteiger partial charge in [-0.2, -0.15) is 18.4 Å². The molecule has 1 rings (SSSR count). The summed E-state index contributed by atoms with van der Waals surface area (Å²) in [7, 11) is 0. The van der Waals surface area contributed by atoms with Crippen LogP contribution in [0, 0.1) is 11.3 Å². The van der Waals surface area contributed by atoms with Gasteiger partial charge in [0.15, 0.2) is 0 Å². The van der Waals surface area contributed by atoms with Crippen LogP contribution in [0.3, 0.4) is 0 Å². The van der Waals surface area contributed by atoms with Gasteiger partial charge in [0.2, 0.25) is 0 Å². The van der Waals surface area contributed by atoms with Gasteiger partial charge in [-0.15, -0.1) is 0 Å². The van der Waals surface area contributed by atoms with Crippen LogP contribution >= 0.6 is 0 Å². The molecule has 0 unspecified atom stereocenters. The number of carbonyl (C=O) groups is 1. The molecule has 0 atom stereocenters. The molecule has 0 aliphatic rings. The summed E-state index contributed by atoms with van der Waals surface area (Å²) in [6.45, 7) is 5.05. The summed E-state index contributed by atoms with van der Waals surface area (Å²) in [6.07, 6.45) is -2.36. The Morgan fingerprint density at radius 1 is 1.29 bits per heavy atom. The number of rotatable bonds is 2. The predicted molar refractivity (Wildman–Crippen MR) is 71.0 cm³/mol. The number of nitrogens with zero attached hydrogens (tertiary/aromatic N) is 1. The van der Waals surface area contributed by atoms with Crippen molar-refractivity contribution in [2.75, 3.05) is 0 Å². The Labute approximate surface area is 120 Å². The monoisotopic (exact) mass is 297 g/mol. The van der Waals surface area contributed by atoms with Gasteiger partial charge < -0.3 is 4.74 Å². The molecule has 0 heterocycles. The highest BCUT2D eigenvalue weighted by molar-refractivity contribution is 5.87. The molecule has 1 aromatic carbocycles. The molecule has 0 saturated heterocycles. The van der Waals surface area contributed by atoms with Crippen molar-refractivity contribution in [2.24, 2.45) is 0 Å². The summed E-state index contributed by atoms with van der Waals surface area (Å²) < 4.78 is 43.3. The van der Waals surface area contributed by atoms with Gasteiger partial charge in [0.25, 0.3) is 0 Å². The maximum atomic E-state index is 12.8. The van der Waals surface area contributed by atoms with E-state index in [0.29, 0.717) is 0 Å². The number of carbonyl (C=O) groups excluding carboxylic acids is 1. The van der Waals surface area contributed by atoms with Crippen LogP contribution in [0.5, 0.6) is 0 Å². The highest BCUT2D eigenvalue weighted by atomic mass is 19.4. The van der Waals surface area contributed by atoms with E-state index in [1.165, 1.54) is 18.2 Å². The van der Waals surface area contributed by atoms with E-state index in [0.717, 1.165) is 18.2 Å². The van der Waals surface area contributed by atoms with Crippen molar-refractivity contribution in [2.45, 2.75) is 32.5 Å². The van der Waals surface area contributed by atoms with Crippen LogP contribution in [0.1, 0.15) is 37.5 Å². The van der Waals surface area contributed by atoms with Gasteiger partial charge in [-0.3, -0.25) is 0 Å². The summed E-state index contributed by atoms with van der Waals surface area (Å²) in [4.78, 5) is 11.5. The van der Waals surface area contributed by atoms with Gasteiger partial charge >= 0.3 is 12.1 Å². The minimum atomic E-state index is -4.62. The number of halogens is 3. The molecule has 0 N–H and O–H groups in total. The Hall–Kier alpha value is -2.29. The minimum Gasteiger partial charge on any atom is -0.457 e. The van der Waals surface area contributed by atoms with Crippen molar-refractivity contribution in [1.82, 2.24) is 0 Å². The molecule has 21 heavy (non-hydrogen) atoms. The zero-order valence-electron chi connectivity index (χ0n) is 11.8. The first kappa shape index (κ1) is 16.8. The second-order valence-corrected chi connectivity index (χ2v) is 5.28. The van der Waals surface area contributed by atoms with Crippen molar-refractivity contribution in [1.29, 1.82) is 5.26 Å². The Bertz CT molecular complexity index is 605. The predicted octanol–water partition coefficient (Wildman–Crippen LogP) is 3.93. The molecule has 0 aliphatic carbocycles. The normalized spacial score (nSPS) is 12.2. The van der Waals surface area contributed by atoms with Gasteiger partial charge in [-0.25, -0.2) is 4.79 Å². The zero-order valence-corrected chi connectivity index (χ0v) is 11.8. The smallest absolute Gasteiger partial charge is 0.417 e. The van der Waals surface area contributed by atoms with Gasteiger partial charge in [0, 0.05) is 6.08 Å². The van der Waals surface area contributed by atoms with Crippen molar-refractivity contribution in [3.8, 4) is 6.07 Å². The number of nitriles is 1. The van der Waals surface area contributed by atoms with Gasteiger partial charge in [-0.1, -0.05) is 6.07 Å². The second-order valence-electron chi connectivity index (χ2n) is 5.28. The summed E-state index contributed by atoms with van der Waals surface area (Å²) in [6, 6.07) is 4.70. The largest absolute Gasteiger partial charge is 0.457 e. The lowest BCUT2D eigenvalue weighted by Crippen LogP contribution is -2.22. The van der Waals surface area contributed by atoms with Crippen LogP contribution in [-0.4, -0.2) is 11.6 Å².